The fourth-order valence-electron chi connectivity index (χ4n) is 2.98. The standard InChI is InChI=1S/C18H24N2O2/c1-3-20(18(21)15-5-4-6-15)12-16-11-17(19-22-16)14-9-7-13(2)8-10-14/h7-10,15-16H,3-6,11-12H2,1-2H3. The van der Waals surface area contributed by atoms with Gasteiger partial charge in [0, 0.05) is 18.9 Å². The van der Waals surface area contributed by atoms with Gasteiger partial charge >= 0.3 is 0 Å². The number of hydrogen-bond acceptors (Lipinski definition) is 3. The second kappa shape index (κ2) is 6.51. The molecule has 4 heteroatoms. The van der Waals surface area contributed by atoms with Gasteiger partial charge in [-0.1, -0.05) is 41.4 Å². The van der Waals surface area contributed by atoms with Crippen molar-refractivity contribution >= 4 is 11.6 Å². The molecule has 2 aliphatic rings. The Morgan fingerprint density at radius 2 is 2.05 bits per heavy atom. The number of carbonyl (C=O) groups excluding carboxylic acids is 1. The number of aryl methyl sites for hydroxylation is 1. The van der Waals surface area contributed by atoms with E-state index >= 15 is 0 Å². The van der Waals surface area contributed by atoms with Gasteiger partial charge in [-0.25, -0.2) is 0 Å². The van der Waals surface area contributed by atoms with Crippen molar-refractivity contribution < 1.29 is 9.63 Å². The van der Waals surface area contributed by atoms with Crippen molar-refractivity contribution in [1.82, 2.24) is 4.90 Å². The van der Waals surface area contributed by atoms with Crippen LogP contribution in [0.1, 0.15) is 43.7 Å². The Kier molecular flexibility index (Phi) is 4.46. The molecule has 1 aromatic carbocycles. The van der Waals surface area contributed by atoms with Crippen LogP contribution in [0.5, 0.6) is 0 Å². The predicted octanol–water partition coefficient (Wildman–Crippen LogP) is 3.14. The van der Waals surface area contributed by atoms with E-state index in [1.54, 1.807) is 0 Å². The van der Waals surface area contributed by atoms with Crippen LogP contribution >= 0.6 is 0 Å². The summed E-state index contributed by atoms with van der Waals surface area (Å²) in [5, 5.41) is 4.22. The number of nitrogens with zero attached hydrogens (tertiary/aromatic N) is 2. The third-order valence-corrected chi connectivity index (χ3v) is 4.69. The summed E-state index contributed by atoms with van der Waals surface area (Å²) in [6, 6.07) is 8.33. The molecule has 0 aromatic heterocycles. The molecule has 118 valence electrons. The van der Waals surface area contributed by atoms with Crippen LogP contribution in [0.3, 0.4) is 0 Å². The van der Waals surface area contributed by atoms with Gasteiger partial charge in [0.15, 0.2) is 6.10 Å². The van der Waals surface area contributed by atoms with Crippen molar-refractivity contribution in [1.29, 1.82) is 0 Å². The molecule has 0 saturated heterocycles. The van der Waals surface area contributed by atoms with Crippen LogP contribution in [-0.2, 0) is 9.63 Å². The van der Waals surface area contributed by atoms with Crippen molar-refractivity contribution in [3.05, 3.63) is 35.4 Å². The van der Waals surface area contributed by atoms with Crippen molar-refractivity contribution in [3.63, 3.8) is 0 Å². The molecule has 1 aliphatic carbocycles. The first kappa shape index (κ1) is 15.1. The largest absolute Gasteiger partial charge is 0.390 e. The van der Waals surface area contributed by atoms with Crippen LogP contribution in [0.2, 0.25) is 0 Å². The van der Waals surface area contributed by atoms with E-state index in [4.69, 9.17) is 4.84 Å². The van der Waals surface area contributed by atoms with E-state index in [0.29, 0.717) is 12.5 Å². The molecule has 3 rings (SSSR count). The number of amides is 1. The Hall–Kier alpha value is -1.84. The first-order valence-corrected chi connectivity index (χ1v) is 8.26. The summed E-state index contributed by atoms with van der Waals surface area (Å²) in [4.78, 5) is 19.9. The molecule has 1 aliphatic heterocycles. The summed E-state index contributed by atoms with van der Waals surface area (Å²) in [6.45, 7) is 5.50. The lowest BCUT2D eigenvalue weighted by Crippen LogP contribution is -2.42. The average molecular weight is 300 g/mol. The van der Waals surface area contributed by atoms with Gasteiger partial charge in [-0.15, -0.1) is 0 Å². The van der Waals surface area contributed by atoms with E-state index in [-0.39, 0.29) is 12.0 Å². The van der Waals surface area contributed by atoms with Gasteiger partial charge in [-0.05, 0) is 32.3 Å². The quantitative estimate of drug-likeness (QED) is 0.838. The number of benzene rings is 1. The van der Waals surface area contributed by atoms with Crippen LogP contribution < -0.4 is 0 Å². The summed E-state index contributed by atoms with van der Waals surface area (Å²) in [6.07, 6.45) is 4.05. The van der Waals surface area contributed by atoms with E-state index < -0.39 is 0 Å². The zero-order valence-electron chi connectivity index (χ0n) is 13.4. The molecule has 0 bridgehead atoms. The number of hydrogen-bond donors (Lipinski definition) is 0. The van der Waals surface area contributed by atoms with Crippen molar-refractivity contribution in [2.45, 2.75) is 45.6 Å². The second-order valence-corrected chi connectivity index (χ2v) is 6.34. The molecule has 1 atom stereocenters. The molecule has 1 heterocycles. The minimum absolute atomic E-state index is 0.0136. The van der Waals surface area contributed by atoms with Crippen LogP contribution in [0.25, 0.3) is 0 Å². The highest BCUT2D eigenvalue weighted by atomic mass is 16.6. The van der Waals surface area contributed by atoms with Gasteiger partial charge in [0.2, 0.25) is 5.91 Å². The highest BCUT2D eigenvalue weighted by Gasteiger charge is 2.32. The Bertz CT molecular complexity index is 561. The maximum absolute atomic E-state index is 12.4. The van der Waals surface area contributed by atoms with Gasteiger partial charge in [0.1, 0.15) is 0 Å². The fourth-order valence-corrected chi connectivity index (χ4v) is 2.98. The molecule has 1 unspecified atom stereocenters. The smallest absolute Gasteiger partial charge is 0.225 e. The SMILES string of the molecule is CCN(CC1CC(c2ccc(C)cc2)=NO1)C(=O)C1CCC1. The van der Waals surface area contributed by atoms with Crippen molar-refractivity contribution in [2.24, 2.45) is 11.1 Å². The molecule has 1 amide bonds. The minimum atomic E-state index is -0.0136. The molecule has 22 heavy (non-hydrogen) atoms. The lowest BCUT2D eigenvalue weighted by atomic mass is 9.84. The molecule has 0 N–H and O–H groups in total. The first-order valence-electron chi connectivity index (χ1n) is 8.26. The van der Waals surface area contributed by atoms with Gasteiger partial charge in [-0.3, -0.25) is 4.79 Å². The van der Waals surface area contributed by atoms with Crippen LogP contribution in [0.4, 0.5) is 0 Å². The highest BCUT2D eigenvalue weighted by Crippen LogP contribution is 2.28. The predicted molar refractivity (Wildman–Crippen MR) is 86.8 cm³/mol. The number of rotatable bonds is 5. The summed E-state index contributed by atoms with van der Waals surface area (Å²) in [5.41, 5.74) is 3.33. The zero-order chi connectivity index (χ0) is 15.5. The van der Waals surface area contributed by atoms with E-state index in [2.05, 4.69) is 36.3 Å². The van der Waals surface area contributed by atoms with E-state index in [0.717, 1.165) is 37.1 Å². The Morgan fingerprint density at radius 1 is 1.32 bits per heavy atom. The van der Waals surface area contributed by atoms with Crippen LogP contribution in [0.15, 0.2) is 29.4 Å². The summed E-state index contributed by atoms with van der Waals surface area (Å²) >= 11 is 0. The first-order chi connectivity index (χ1) is 10.7. The van der Waals surface area contributed by atoms with Crippen molar-refractivity contribution in [3.8, 4) is 0 Å². The number of carbonyl (C=O) groups is 1. The second-order valence-electron chi connectivity index (χ2n) is 6.34. The van der Waals surface area contributed by atoms with E-state index in [1.165, 1.54) is 12.0 Å². The molecular weight excluding hydrogens is 276 g/mol. The monoisotopic (exact) mass is 300 g/mol. The average Bonchev–Trinajstić information content (AvgIpc) is 2.92. The maximum atomic E-state index is 12.4. The molecule has 1 saturated carbocycles. The van der Waals surface area contributed by atoms with Gasteiger partial charge in [0.05, 0.1) is 12.3 Å². The normalized spacial score (nSPS) is 21.0. The maximum Gasteiger partial charge on any atom is 0.225 e. The molecule has 0 spiro atoms. The number of likely N-dealkylation sites (N-methyl/N-ethyl adjacent to an activating group) is 1. The van der Waals surface area contributed by atoms with Crippen LogP contribution in [0, 0.1) is 12.8 Å². The van der Waals surface area contributed by atoms with E-state index in [1.807, 2.05) is 11.8 Å². The molecule has 1 fully saturated rings. The lowest BCUT2D eigenvalue weighted by molar-refractivity contribution is -0.139. The third-order valence-electron chi connectivity index (χ3n) is 4.69. The molecule has 0 radical (unpaired) electrons. The third kappa shape index (κ3) is 3.16. The summed E-state index contributed by atoms with van der Waals surface area (Å²) in [5.74, 6) is 0.542. The molecule has 1 aromatic rings. The summed E-state index contributed by atoms with van der Waals surface area (Å²) < 4.78 is 0. The number of oxime groups is 1. The minimum Gasteiger partial charge on any atom is -0.390 e. The van der Waals surface area contributed by atoms with Crippen molar-refractivity contribution in [2.75, 3.05) is 13.1 Å². The van der Waals surface area contributed by atoms with Gasteiger partial charge in [0.25, 0.3) is 0 Å². The Morgan fingerprint density at radius 3 is 2.64 bits per heavy atom. The molecule has 4 nitrogen and oxygen atoms in total. The lowest BCUT2D eigenvalue weighted by Gasteiger charge is -2.31. The Labute approximate surface area is 132 Å². The van der Waals surface area contributed by atoms with Crippen LogP contribution in [-0.4, -0.2) is 35.7 Å². The summed E-state index contributed by atoms with van der Waals surface area (Å²) in [7, 11) is 0. The Balaban J connectivity index is 1.56. The van der Waals surface area contributed by atoms with Gasteiger partial charge in [-0.2, -0.15) is 0 Å². The fraction of sp³-hybridized carbons (Fsp3) is 0.556. The van der Waals surface area contributed by atoms with Gasteiger partial charge < -0.3 is 9.74 Å². The molecular formula is C18H24N2O2. The topological polar surface area (TPSA) is 41.9 Å². The van der Waals surface area contributed by atoms with E-state index in [9.17, 15) is 4.79 Å². The highest BCUT2D eigenvalue weighted by molar-refractivity contribution is 6.01. The zero-order valence-corrected chi connectivity index (χ0v) is 13.4.